The molecule has 0 aliphatic rings. The van der Waals surface area contributed by atoms with Crippen molar-refractivity contribution in [2.45, 2.75) is 4.90 Å². The van der Waals surface area contributed by atoms with E-state index >= 15 is 0 Å². The van der Waals surface area contributed by atoms with E-state index in [0.29, 0.717) is 9.13 Å². The van der Waals surface area contributed by atoms with Gasteiger partial charge in [-0.15, -0.1) is 0 Å². The molecule has 0 unspecified atom stereocenters. The fourth-order valence-corrected chi connectivity index (χ4v) is 3.00. The normalized spacial score (nSPS) is 11.3. The molecule has 6 nitrogen and oxygen atoms in total. The molecule has 0 heterocycles. The molecule has 0 aliphatic heterocycles. The van der Waals surface area contributed by atoms with Crippen LogP contribution < -0.4 is 0 Å². The van der Waals surface area contributed by atoms with E-state index in [1.807, 2.05) is 22.6 Å². The van der Waals surface area contributed by atoms with Crippen LogP contribution in [0.15, 0.2) is 47.4 Å². The van der Waals surface area contributed by atoms with E-state index in [-0.39, 0.29) is 16.1 Å². The van der Waals surface area contributed by atoms with Gasteiger partial charge in [-0.2, -0.15) is 8.42 Å². The second kappa shape index (κ2) is 5.46. The number of hydrogen-bond acceptors (Lipinski definition) is 4. The molecule has 0 aromatic heterocycles. The monoisotopic (exact) mass is 405 g/mol. The molecule has 1 N–H and O–H groups in total. The Morgan fingerprint density at radius 3 is 2.40 bits per heavy atom. The Bertz CT molecular complexity index is 788. The quantitative estimate of drug-likeness (QED) is 0.366. The third-order valence-corrected chi connectivity index (χ3v) is 4.44. The second-order valence-electron chi connectivity index (χ2n) is 3.89. The molecule has 0 atom stereocenters. The molecule has 20 heavy (non-hydrogen) atoms. The predicted molar refractivity (Wildman–Crippen MR) is 81.1 cm³/mol. The van der Waals surface area contributed by atoms with Crippen LogP contribution >= 0.6 is 22.6 Å². The summed E-state index contributed by atoms with van der Waals surface area (Å²) < 4.78 is 32.3. The smallest absolute Gasteiger partial charge is 0.282 e. The lowest BCUT2D eigenvalue weighted by molar-refractivity contribution is -0.385. The summed E-state index contributed by atoms with van der Waals surface area (Å²) in [5, 5.41) is 10.9. The van der Waals surface area contributed by atoms with Crippen molar-refractivity contribution in [3.05, 3.63) is 56.1 Å². The second-order valence-corrected chi connectivity index (χ2v) is 6.45. The van der Waals surface area contributed by atoms with Crippen molar-refractivity contribution >= 4 is 38.4 Å². The molecule has 2 rings (SSSR count). The van der Waals surface area contributed by atoms with Crippen LogP contribution in [0, 0.1) is 13.7 Å². The van der Waals surface area contributed by atoms with Crippen LogP contribution in [0.25, 0.3) is 11.1 Å². The van der Waals surface area contributed by atoms with Crippen molar-refractivity contribution in [2.75, 3.05) is 0 Å². The lowest BCUT2D eigenvalue weighted by atomic mass is 10.1. The zero-order valence-corrected chi connectivity index (χ0v) is 12.8. The molecule has 0 bridgehead atoms. The van der Waals surface area contributed by atoms with Gasteiger partial charge < -0.3 is 0 Å². The highest BCUT2D eigenvalue weighted by atomic mass is 127. The molecule has 8 heteroatoms. The van der Waals surface area contributed by atoms with Gasteiger partial charge >= 0.3 is 0 Å². The van der Waals surface area contributed by atoms with Crippen molar-refractivity contribution in [2.24, 2.45) is 0 Å². The van der Waals surface area contributed by atoms with Crippen molar-refractivity contribution in [1.29, 1.82) is 0 Å². The Balaban J connectivity index is 2.70. The van der Waals surface area contributed by atoms with E-state index in [2.05, 4.69) is 0 Å². The Morgan fingerprint density at radius 2 is 1.80 bits per heavy atom. The van der Waals surface area contributed by atoms with Crippen LogP contribution in [0.5, 0.6) is 0 Å². The summed E-state index contributed by atoms with van der Waals surface area (Å²) in [5.41, 5.74) is 0.452. The van der Waals surface area contributed by atoms with Gasteiger partial charge in [-0.3, -0.25) is 14.7 Å². The molecule has 2 aromatic carbocycles. The SMILES string of the molecule is O=[N+]([O-])c1cc(-c2ccccc2S(=O)(=O)O)ccc1I. The van der Waals surface area contributed by atoms with Gasteiger partial charge in [0.05, 0.1) is 8.49 Å². The number of benzene rings is 2. The molecule has 104 valence electrons. The van der Waals surface area contributed by atoms with Crippen LogP contribution in [0.1, 0.15) is 0 Å². The molecule has 0 spiro atoms. The van der Waals surface area contributed by atoms with Crippen LogP contribution in [-0.2, 0) is 10.1 Å². The molecule has 2 aromatic rings. The lowest BCUT2D eigenvalue weighted by Gasteiger charge is -2.07. The first kappa shape index (κ1) is 14.9. The first-order valence-corrected chi connectivity index (χ1v) is 7.83. The molecule has 0 radical (unpaired) electrons. The summed E-state index contributed by atoms with van der Waals surface area (Å²) in [6.45, 7) is 0. The Labute approximate surface area is 128 Å². The Kier molecular flexibility index (Phi) is 4.06. The van der Waals surface area contributed by atoms with Gasteiger partial charge in [0.2, 0.25) is 0 Å². The molecule has 0 saturated heterocycles. The average Bonchev–Trinajstić information content (AvgIpc) is 2.38. The van der Waals surface area contributed by atoms with E-state index < -0.39 is 15.0 Å². The van der Waals surface area contributed by atoms with Crippen LogP contribution in [0.3, 0.4) is 0 Å². The minimum atomic E-state index is -4.40. The van der Waals surface area contributed by atoms with Crippen molar-refractivity contribution in [1.82, 2.24) is 0 Å². The third kappa shape index (κ3) is 2.97. The Hall–Kier alpha value is -1.52. The fourth-order valence-electron chi connectivity index (χ4n) is 1.75. The van der Waals surface area contributed by atoms with E-state index in [4.69, 9.17) is 0 Å². The summed E-state index contributed by atoms with van der Waals surface area (Å²) >= 11 is 1.83. The van der Waals surface area contributed by atoms with E-state index in [1.54, 1.807) is 12.1 Å². The topological polar surface area (TPSA) is 97.5 Å². The maximum atomic E-state index is 11.3. The molecular formula is C12H8INO5S. The van der Waals surface area contributed by atoms with Crippen LogP contribution in [-0.4, -0.2) is 17.9 Å². The van der Waals surface area contributed by atoms with Gasteiger partial charge in [0.25, 0.3) is 15.8 Å². The molecular weight excluding hydrogens is 397 g/mol. The molecule has 0 fully saturated rings. The van der Waals surface area contributed by atoms with E-state index in [9.17, 15) is 23.1 Å². The lowest BCUT2D eigenvalue weighted by Crippen LogP contribution is -2.01. The summed E-state index contributed by atoms with van der Waals surface area (Å²) in [4.78, 5) is 10.1. The number of nitro benzene ring substituents is 1. The van der Waals surface area contributed by atoms with Crippen LogP contribution in [0.2, 0.25) is 0 Å². The van der Waals surface area contributed by atoms with Gasteiger partial charge in [-0.05, 0) is 40.3 Å². The number of nitrogens with zero attached hydrogens (tertiary/aromatic N) is 1. The van der Waals surface area contributed by atoms with E-state index in [1.165, 1.54) is 30.3 Å². The number of hydrogen-bond donors (Lipinski definition) is 1. The standard InChI is InChI=1S/C12H8INO5S/c13-10-6-5-8(7-11(10)14(15)16)9-3-1-2-4-12(9)20(17,18)19/h1-7H,(H,17,18,19). The van der Waals surface area contributed by atoms with Crippen molar-refractivity contribution < 1.29 is 17.9 Å². The number of nitro groups is 1. The largest absolute Gasteiger partial charge is 0.295 e. The third-order valence-electron chi connectivity index (χ3n) is 2.62. The van der Waals surface area contributed by atoms with Gasteiger partial charge in [0.1, 0.15) is 4.90 Å². The molecule has 0 amide bonds. The average molecular weight is 405 g/mol. The predicted octanol–water partition coefficient (Wildman–Crippen LogP) is 3.11. The first-order chi connectivity index (χ1) is 9.30. The number of rotatable bonds is 3. The Morgan fingerprint density at radius 1 is 1.15 bits per heavy atom. The van der Waals surface area contributed by atoms with Crippen molar-refractivity contribution in [3.8, 4) is 11.1 Å². The minimum Gasteiger partial charge on any atom is -0.282 e. The van der Waals surface area contributed by atoms with Gasteiger partial charge in [-0.25, -0.2) is 0 Å². The fraction of sp³-hybridized carbons (Fsp3) is 0. The zero-order chi connectivity index (χ0) is 14.9. The summed E-state index contributed by atoms with van der Waals surface area (Å²) in [7, 11) is -4.40. The molecule has 0 aliphatic carbocycles. The van der Waals surface area contributed by atoms with E-state index in [0.717, 1.165) is 0 Å². The summed E-state index contributed by atoms with van der Waals surface area (Å²) in [5.74, 6) is 0. The van der Waals surface area contributed by atoms with Gasteiger partial charge in [0.15, 0.2) is 0 Å². The van der Waals surface area contributed by atoms with Gasteiger partial charge in [0, 0.05) is 11.6 Å². The first-order valence-electron chi connectivity index (χ1n) is 5.31. The van der Waals surface area contributed by atoms with Gasteiger partial charge in [-0.1, -0.05) is 24.3 Å². The minimum absolute atomic E-state index is 0.117. The summed E-state index contributed by atoms with van der Waals surface area (Å²) in [6, 6.07) is 10.2. The number of halogens is 1. The molecule has 0 saturated carbocycles. The summed E-state index contributed by atoms with van der Waals surface area (Å²) in [6.07, 6.45) is 0. The highest BCUT2D eigenvalue weighted by Crippen LogP contribution is 2.31. The zero-order valence-electron chi connectivity index (χ0n) is 9.86. The highest BCUT2D eigenvalue weighted by Gasteiger charge is 2.19. The van der Waals surface area contributed by atoms with Crippen LogP contribution in [0.4, 0.5) is 5.69 Å². The highest BCUT2D eigenvalue weighted by molar-refractivity contribution is 14.1. The maximum Gasteiger partial charge on any atom is 0.295 e. The van der Waals surface area contributed by atoms with Crippen molar-refractivity contribution in [3.63, 3.8) is 0 Å². The maximum absolute atomic E-state index is 11.3.